The number of aliphatic hydroxyl groups excluding tert-OH is 1. The molecule has 2 rings (SSSR count). The number of carboxylic acid groups (broad SMARTS) is 1. The summed E-state index contributed by atoms with van der Waals surface area (Å²) in [5.41, 5.74) is 0.960. The molecule has 0 bridgehead atoms. The van der Waals surface area contributed by atoms with Gasteiger partial charge in [0.2, 0.25) is 0 Å². The number of aryl methyl sites for hydroxylation is 1. The van der Waals surface area contributed by atoms with E-state index in [1.165, 1.54) is 0 Å². The fraction of sp³-hybridized carbons (Fsp3) is 0.533. The Bertz CT molecular complexity index is 455. The molecule has 0 radical (unpaired) electrons. The Morgan fingerprint density at radius 2 is 2.00 bits per heavy atom. The zero-order chi connectivity index (χ0) is 13.8. The van der Waals surface area contributed by atoms with Crippen molar-refractivity contribution in [2.75, 3.05) is 0 Å². The molecule has 1 aromatic carbocycles. The van der Waals surface area contributed by atoms with E-state index in [4.69, 9.17) is 9.84 Å². The second kappa shape index (κ2) is 6.06. The number of benzene rings is 1. The first-order valence-electron chi connectivity index (χ1n) is 6.76. The first-order chi connectivity index (χ1) is 9.08. The molecule has 104 valence electrons. The molecule has 1 aliphatic carbocycles. The lowest BCUT2D eigenvalue weighted by Crippen LogP contribution is -2.30. The molecule has 1 aromatic rings. The Kier molecular flexibility index (Phi) is 4.43. The fourth-order valence-corrected chi connectivity index (χ4v) is 2.52. The van der Waals surface area contributed by atoms with Crippen LogP contribution >= 0.6 is 0 Å². The van der Waals surface area contributed by atoms with Gasteiger partial charge in [-0.25, -0.2) is 4.79 Å². The normalized spacial score (nSPS) is 23.7. The predicted molar refractivity (Wildman–Crippen MR) is 71.6 cm³/mol. The standard InChI is InChI=1S/C15H20O4/c1-10-9-11(7-8-12(10)15(17)18)19-14-6-4-2-3-5-13(14)16/h7-9,13-14,16H,2-6H2,1H3,(H,17,18). The van der Waals surface area contributed by atoms with E-state index >= 15 is 0 Å². The van der Waals surface area contributed by atoms with Crippen molar-refractivity contribution in [2.45, 2.75) is 51.2 Å². The lowest BCUT2D eigenvalue weighted by Gasteiger charge is -2.22. The Morgan fingerprint density at radius 1 is 1.26 bits per heavy atom. The summed E-state index contributed by atoms with van der Waals surface area (Å²) in [6.45, 7) is 1.75. The van der Waals surface area contributed by atoms with Gasteiger partial charge in [-0.05, 0) is 49.9 Å². The molecule has 0 heterocycles. The molecule has 1 aliphatic rings. The summed E-state index contributed by atoms with van der Waals surface area (Å²) in [5, 5.41) is 19.0. The minimum atomic E-state index is -0.932. The highest BCUT2D eigenvalue weighted by Gasteiger charge is 2.23. The van der Waals surface area contributed by atoms with Crippen LogP contribution in [-0.2, 0) is 0 Å². The summed E-state index contributed by atoms with van der Waals surface area (Å²) in [4.78, 5) is 10.9. The van der Waals surface area contributed by atoms with Crippen molar-refractivity contribution in [3.05, 3.63) is 29.3 Å². The SMILES string of the molecule is Cc1cc(OC2CCCCCC2O)ccc1C(=O)O. The van der Waals surface area contributed by atoms with Gasteiger partial charge in [0, 0.05) is 0 Å². The number of aliphatic hydroxyl groups is 1. The van der Waals surface area contributed by atoms with Crippen molar-refractivity contribution < 1.29 is 19.7 Å². The van der Waals surface area contributed by atoms with Gasteiger partial charge in [0.15, 0.2) is 0 Å². The van der Waals surface area contributed by atoms with Crippen molar-refractivity contribution in [3.8, 4) is 5.75 Å². The average molecular weight is 264 g/mol. The van der Waals surface area contributed by atoms with Gasteiger partial charge in [-0.3, -0.25) is 0 Å². The number of aromatic carboxylic acids is 1. The number of carboxylic acids is 1. The van der Waals surface area contributed by atoms with Crippen LogP contribution in [0.1, 0.15) is 48.0 Å². The van der Waals surface area contributed by atoms with Gasteiger partial charge < -0.3 is 14.9 Å². The van der Waals surface area contributed by atoms with E-state index in [1.807, 2.05) is 0 Å². The Balaban J connectivity index is 2.10. The Hall–Kier alpha value is -1.55. The van der Waals surface area contributed by atoms with E-state index in [-0.39, 0.29) is 11.7 Å². The van der Waals surface area contributed by atoms with E-state index in [9.17, 15) is 9.90 Å². The van der Waals surface area contributed by atoms with E-state index in [0.717, 1.165) is 32.1 Å². The molecule has 0 aliphatic heterocycles. The highest BCUT2D eigenvalue weighted by atomic mass is 16.5. The summed E-state index contributed by atoms with van der Waals surface area (Å²) < 4.78 is 5.82. The van der Waals surface area contributed by atoms with Gasteiger partial charge in [0.25, 0.3) is 0 Å². The third-order valence-corrected chi connectivity index (χ3v) is 3.63. The van der Waals surface area contributed by atoms with E-state index in [1.54, 1.807) is 25.1 Å². The quantitative estimate of drug-likeness (QED) is 0.824. The average Bonchev–Trinajstić information content (AvgIpc) is 2.55. The maximum Gasteiger partial charge on any atom is 0.335 e. The Morgan fingerprint density at radius 3 is 2.68 bits per heavy atom. The maximum absolute atomic E-state index is 10.9. The number of rotatable bonds is 3. The van der Waals surface area contributed by atoms with Crippen LogP contribution in [0.2, 0.25) is 0 Å². The molecule has 0 amide bonds. The van der Waals surface area contributed by atoms with E-state index in [0.29, 0.717) is 11.3 Å². The minimum Gasteiger partial charge on any atom is -0.488 e. The molecule has 0 aromatic heterocycles. The van der Waals surface area contributed by atoms with E-state index < -0.39 is 12.1 Å². The number of hydrogen-bond donors (Lipinski definition) is 2. The summed E-state index contributed by atoms with van der Waals surface area (Å²) in [6, 6.07) is 4.94. The number of ether oxygens (including phenoxy) is 1. The van der Waals surface area contributed by atoms with Crippen molar-refractivity contribution in [1.29, 1.82) is 0 Å². The van der Waals surface area contributed by atoms with E-state index in [2.05, 4.69) is 0 Å². The Labute approximate surface area is 113 Å². The molecule has 1 saturated carbocycles. The number of hydrogen-bond acceptors (Lipinski definition) is 3. The topological polar surface area (TPSA) is 66.8 Å². The van der Waals surface area contributed by atoms with Gasteiger partial charge in [-0.15, -0.1) is 0 Å². The third-order valence-electron chi connectivity index (χ3n) is 3.63. The molecule has 4 nitrogen and oxygen atoms in total. The molecular weight excluding hydrogens is 244 g/mol. The van der Waals surface area contributed by atoms with Crippen molar-refractivity contribution in [2.24, 2.45) is 0 Å². The van der Waals surface area contributed by atoms with Crippen LogP contribution in [0.4, 0.5) is 0 Å². The summed E-state index contributed by atoms with van der Waals surface area (Å²) in [6.07, 6.45) is 4.25. The van der Waals surface area contributed by atoms with Crippen molar-refractivity contribution >= 4 is 5.97 Å². The maximum atomic E-state index is 10.9. The van der Waals surface area contributed by atoms with Gasteiger partial charge in [0.1, 0.15) is 11.9 Å². The molecule has 2 N–H and O–H groups in total. The summed E-state index contributed by atoms with van der Waals surface area (Å²) in [7, 11) is 0. The summed E-state index contributed by atoms with van der Waals surface area (Å²) >= 11 is 0. The zero-order valence-corrected chi connectivity index (χ0v) is 11.1. The van der Waals surface area contributed by atoms with Gasteiger partial charge in [-0.2, -0.15) is 0 Å². The van der Waals surface area contributed by atoms with Gasteiger partial charge in [0.05, 0.1) is 11.7 Å². The molecule has 19 heavy (non-hydrogen) atoms. The molecular formula is C15H20O4. The van der Waals surface area contributed by atoms with Crippen molar-refractivity contribution in [1.82, 2.24) is 0 Å². The largest absolute Gasteiger partial charge is 0.488 e. The van der Waals surface area contributed by atoms with Crippen LogP contribution in [0.3, 0.4) is 0 Å². The minimum absolute atomic E-state index is 0.183. The molecule has 4 heteroatoms. The second-order valence-electron chi connectivity index (χ2n) is 5.14. The fourth-order valence-electron chi connectivity index (χ4n) is 2.52. The third kappa shape index (κ3) is 3.47. The first-order valence-corrected chi connectivity index (χ1v) is 6.76. The highest BCUT2D eigenvalue weighted by Crippen LogP contribution is 2.25. The lowest BCUT2D eigenvalue weighted by molar-refractivity contribution is 0.0319. The van der Waals surface area contributed by atoms with Gasteiger partial charge >= 0.3 is 5.97 Å². The van der Waals surface area contributed by atoms with Crippen LogP contribution in [-0.4, -0.2) is 28.4 Å². The van der Waals surface area contributed by atoms with Crippen LogP contribution in [0, 0.1) is 6.92 Å². The summed E-state index contributed by atoms with van der Waals surface area (Å²) in [5.74, 6) is -0.299. The molecule has 0 saturated heterocycles. The molecule has 2 unspecified atom stereocenters. The highest BCUT2D eigenvalue weighted by molar-refractivity contribution is 5.89. The van der Waals surface area contributed by atoms with Crippen LogP contribution in [0.15, 0.2) is 18.2 Å². The lowest BCUT2D eigenvalue weighted by atomic mass is 10.1. The van der Waals surface area contributed by atoms with Crippen LogP contribution in [0.25, 0.3) is 0 Å². The molecule has 1 fully saturated rings. The van der Waals surface area contributed by atoms with Crippen LogP contribution in [0.5, 0.6) is 5.75 Å². The molecule has 0 spiro atoms. The second-order valence-corrected chi connectivity index (χ2v) is 5.14. The van der Waals surface area contributed by atoms with Crippen molar-refractivity contribution in [3.63, 3.8) is 0 Å². The number of carbonyl (C=O) groups is 1. The predicted octanol–water partition coefficient (Wildman–Crippen LogP) is 2.77. The monoisotopic (exact) mass is 264 g/mol. The van der Waals surface area contributed by atoms with Crippen LogP contribution < -0.4 is 4.74 Å². The first kappa shape index (κ1) is 13.9. The smallest absolute Gasteiger partial charge is 0.335 e. The molecule has 2 atom stereocenters. The van der Waals surface area contributed by atoms with Gasteiger partial charge in [-0.1, -0.05) is 12.8 Å². The zero-order valence-electron chi connectivity index (χ0n) is 11.1.